The molecule has 0 spiro atoms. The summed E-state index contributed by atoms with van der Waals surface area (Å²) in [4.78, 5) is 19.6. The van der Waals surface area contributed by atoms with E-state index in [-0.39, 0.29) is 5.56 Å². The van der Waals surface area contributed by atoms with Crippen LogP contribution >= 0.6 is 11.8 Å². The molecule has 4 nitrogen and oxygen atoms in total. The Morgan fingerprint density at radius 3 is 2.60 bits per heavy atom. The average Bonchev–Trinajstić information content (AvgIpc) is 2.77. The highest BCUT2D eigenvalue weighted by atomic mass is 32.2. The summed E-state index contributed by atoms with van der Waals surface area (Å²) >= 11 is 1.56. The molecule has 2 aromatic carbocycles. The zero-order chi connectivity index (χ0) is 21.3. The number of carbonyl (C=O) groups excluding carboxylic acids is 1. The summed E-state index contributed by atoms with van der Waals surface area (Å²) in [5.74, 6) is 0.103. The average molecular weight is 425 g/mol. The van der Waals surface area contributed by atoms with Crippen molar-refractivity contribution < 1.29 is 18.0 Å². The Morgan fingerprint density at radius 1 is 1.13 bits per heavy atom. The van der Waals surface area contributed by atoms with Crippen molar-refractivity contribution in [3.63, 3.8) is 0 Å². The first kappa shape index (κ1) is 20.0. The lowest BCUT2D eigenvalue weighted by atomic mass is 10.0. The van der Waals surface area contributed by atoms with E-state index in [0.29, 0.717) is 23.5 Å². The minimum absolute atomic E-state index is 0.0218. The molecular weight excluding hydrogens is 411 g/mol. The highest BCUT2D eigenvalue weighted by Gasteiger charge is 2.32. The van der Waals surface area contributed by atoms with E-state index in [1.165, 1.54) is 17.0 Å². The van der Waals surface area contributed by atoms with Crippen LogP contribution in [-0.2, 0) is 6.18 Å². The van der Waals surface area contributed by atoms with Gasteiger partial charge in [-0.3, -0.25) is 9.78 Å². The van der Waals surface area contributed by atoms with Crippen molar-refractivity contribution in [1.29, 1.82) is 5.26 Å². The second-order valence-electron chi connectivity index (χ2n) is 6.61. The number of pyridine rings is 1. The molecular formula is C22H14F3N3OS. The van der Waals surface area contributed by atoms with Crippen LogP contribution < -0.4 is 4.90 Å². The Balaban J connectivity index is 1.73. The van der Waals surface area contributed by atoms with E-state index in [4.69, 9.17) is 5.26 Å². The SMILES string of the molecule is N#Cc1ccc(-c2cncc3c2SCCN3C(=O)c2cccc(C(F)(F)F)c2)cc1. The quantitative estimate of drug-likeness (QED) is 0.552. The Hall–Kier alpha value is -3.31. The molecule has 1 aliphatic heterocycles. The van der Waals surface area contributed by atoms with Crippen molar-refractivity contribution in [3.8, 4) is 17.2 Å². The second kappa shape index (κ2) is 7.84. The summed E-state index contributed by atoms with van der Waals surface area (Å²) < 4.78 is 39.1. The monoisotopic (exact) mass is 425 g/mol. The Bertz CT molecular complexity index is 1150. The zero-order valence-electron chi connectivity index (χ0n) is 15.5. The maximum absolute atomic E-state index is 13.1. The molecule has 1 amide bonds. The molecule has 0 N–H and O–H groups in total. The topological polar surface area (TPSA) is 57.0 Å². The van der Waals surface area contributed by atoms with Gasteiger partial charge in [0.05, 0.1) is 29.1 Å². The van der Waals surface area contributed by atoms with Crippen LogP contribution in [-0.4, -0.2) is 23.2 Å². The number of benzene rings is 2. The van der Waals surface area contributed by atoms with Crippen molar-refractivity contribution in [3.05, 3.63) is 77.6 Å². The molecule has 0 atom stereocenters. The standard InChI is InChI=1S/C22H14F3N3OS/c23-22(24,25)17-3-1-2-16(10-17)21(29)28-8-9-30-20-18(12-27-13-19(20)28)15-6-4-14(11-26)5-7-15/h1-7,10,12-13H,8-9H2. The number of hydrogen-bond acceptors (Lipinski definition) is 4. The predicted molar refractivity (Wildman–Crippen MR) is 108 cm³/mol. The lowest BCUT2D eigenvalue weighted by molar-refractivity contribution is -0.137. The number of thioether (sulfide) groups is 1. The van der Waals surface area contributed by atoms with E-state index in [9.17, 15) is 18.0 Å². The summed E-state index contributed by atoms with van der Waals surface area (Å²) in [6, 6.07) is 13.5. The highest BCUT2D eigenvalue weighted by molar-refractivity contribution is 7.99. The third-order valence-corrected chi connectivity index (χ3v) is 5.84. The second-order valence-corrected chi connectivity index (χ2v) is 7.71. The molecule has 0 fully saturated rings. The fourth-order valence-electron chi connectivity index (χ4n) is 3.27. The molecule has 150 valence electrons. The summed E-state index contributed by atoms with van der Waals surface area (Å²) in [5, 5.41) is 8.98. The van der Waals surface area contributed by atoms with Gasteiger partial charge in [-0.25, -0.2) is 0 Å². The van der Waals surface area contributed by atoms with Gasteiger partial charge in [0.1, 0.15) is 0 Å². The first-order chi connectivity index (χ1) is 14.4. The van der Waals surface area contributed by atoms with E-state index < -0.39 is 17.6 Å². The van der Waals surface area contributed by atoms with E-state index >= 15 is 0 Å². The molecule has 1 aromatic heterocycles. The smallest absolute Gasteiger partial charge is 0.305 e. The number of amides is 1. The van der Waals surface area contributed by atoms with Crippen molar-refractivity contribution in [1.82, 2.24) is 4.98 Å². The number of aromatic nitrogens is 1. The van der Waals surface area contributed by atoms with Gasteiger partial charge in [-0.1, -0.05) is 18.2 Å². The first-order valence-corrected chi connectivity index (χ1v) is 9.97. The fourth-order valence-corrected chi connectivity index (χ4v) is 4.38. The van der Waals surface area contributed by atoms with Gasteiger partial charge in [-0.2, -0.15) is 18.4 Å². The van der Waals surface area contributed by atoms with E-state index in [1.807, 2.05) is 12.1 Å². The van der Waals surface area contributed by atoms with Gasteiger partial charge in [-0.05, 0) is 35.9 Å². The van der Waals surface area contributed by atoms with Crippen LogP contribution in [0.5, 0.6) is 0 Å². The summed E-state index contributed by atoms with van der Waals surface area (Å²) in [6.45, 7) is 0.366. The van der Waals surface area contributed by atoms with Crippen LogP contribution in [0.25, 0.3) is 11.1 Å². The molecule has 0 saturated carbocycles. The Labute approximate surface area is 175 Å². The molecule has 1 aliphatic rings. The van der Waals surface area contributed by atoms with E-state index in [1.54, 1.807) is 36.3 Å². The minimum Gasteiger partial charge on any atom is -0.305 e. The zero-order valence-corrected chi connectivity index (χ0v) is 16.3. The lowest BCUT2D eigenvalue weighted by Gasteiger charge is -2.30. The maximum atomic E-state index is 13.1. The number of nitrogens with zero attached hydrogens (tertiary/aromatic N) is 3. The maximum Gasteiger partial charge on any atom is 0.416 e. The molecule has 0 aliphatic carbocycles. The molecule has 0 bridgehead atoms. The Kier molecular flexibility index (Phi) is 5.22. The van der Waals surface area contributed by atoms with Crippen molar-refractivity contribution in [2.45, 2.75) is 11.1 Å². The van der Waals surface area contributed by atoms with Gasteiger partial charge in [0.25, 0.3) is 5.91 Å². The molecule has 0 saturated heterocycles. The summed E-state index contributed by atoms with van der Waals surface area (Å²) in [6.07, 6.45) is -1.28. The lowest BCUT2D eigenvalue weighted by Crippen LogP contribution is -2.35. The van der Waals surface area contributed by atoms with E-state index in [0.717, 1.165) is 28.2 Å². The summed E-state index contributed by atoms with van der Waals surface area (Å²) in [7, 11) is 0. The van der Waals surface area contributed by atoms with Gasteiger partial charge in [0, 0.05) is 34.5 Å². The fraction of sp³-hybridized carbons (Fsp3) is 0.136. The number of rotatable bonds is 2. The molecule has 8 heteroatoms. The van der Waals surface area contributed by atoms with E-state index in [2.05, 4.69) is 11.1 Å². The number of halogens is 3. The van der Waals surface area contributed by atoms with Gasteiger partial charge < -0.3 is 4.90 Å². The van der Waals surface area contributed by atoms with Crippen LogP contribution in [0.3, 0.4) is 0 Å². The normalized spacial score (nSPS) is 13.5. The molecule has 0 unspecified atom stereocenters. The predicted octanol–water partition coefficient (Wildman–Crippen LogP) is 5.39. The number of anilines is 1. The van der Waals surface area contributed by atoms with Crippen LogP contribution in [0.2, 0.25) is 0 Å². The van der Waals surface area contributed by atoms with Gasteiger partial charge in [0.2, 0.25) is 0 Å². The molecule has 0 radical (unpaired) electrons. The number of fused-ring (bicyclic) bond motifs is 1. The van der Waals surface area contributed by atoms with Crippen molar-refractivity contribution in [2.75, 3.05) is 17.2 Å². The van der Waals surface area contributed by atoms with Crippen molar-refractivity contribution in [2.24, 2.45) is 0 Å². The Morgan fingerprint density at radius 2 is 1.90 bits per heavy atom. The summed E-state index contributed by atoms with van der Waals surface area (Å²) in [5.41, 5.74) is 1.87. The minimum atomic E-state index is -4.52. The van der Waals surface area contributed by atoms with Crippen LogP contribution in [0.4, 0.5) is 18.9 Å². The molecule has 4 rings (SSSR count). The van der Waals surface area contributed by atoms with Gasteiger partial charge in [0.15, 0.2) is 0 Å². The number of carbonyl (C=O) groups is 1. The highest BCUT2D eigenvalue weighted by Crippen LogP contribution is 2.42. The number of hydrogen-bond donors (Lipinski definition) is 0. The largest absolute Gasteiger partial charge is 0.416 e. The first-order valence-electron chi connectivity index (χ1n) is 8.99. The molecule has 3 aromatic rings. The van der Waals surface area contributed by atoms with Crippen LogP contribution in [0, 0.1) is 11.3 Å². The molecule has 2 heterocycles. The van der Waals surface area contributed by atoms with Crippen LogP contribution in [0.1, 0.15) is 21.5 Å². The molecule has 30 heavy (non-hydrogen) atoms. The third kappa shape index (κ3) is 3.76. The number of nitriles is 1. The van der Waals surface area contributed by atoms with Crippen molar-refractivity contribution >= 4 is 23.4 Å². The van der Waals surface area contributed by atoms with Gasteiger partial charge >= 0.3 is 6.18 Å². The number of alkyl halides is 3. The van der Waals surface area contributed by atoms with Crippen LogP contribution in [0.15, 0.2) is 65.8 Å². The third-order valence-electron chi connectivity index (χ3n) is 4.74. The van der Waals surface area contributed by atoms with Gasteiger partial charge in [-0.15, -0.1) is 11.8 Å².